The van der Waals surface area contributed by atoms with Crippen LogP contribution >= 0.6 is 17.2 Å². The van der Waals surface area contributed by atoms with E-state index in [0.29, 0.717) is 0 Å². The van der Waals surface area contributed by atoms with E-state index in [1.165, 1.54) is 156 Å². The van der Waals surface area contributed by atoms with Crippen molar-refractivity contribution in [1.82, 2.24) is 0 Å². The van der Waals surface area contributed by atoms with Gasteiger partial charge in [-0.2, -0.15) is 0 Å². The molecule has 0 aliphatic carbocycles. The molecule has 3 rings (SSSR count). The molecule has 0 aliphatic rings. The number of para-hydroxylation sites is 2. The van der Waals surface area contributed by atoms with E-state index in [2.05, 4.69) is 57.2 Å². The molecule has 6 nitrogen and oxygen atoms in total. The first-order valence-corrected chi connectivity index (χ1v) is 24.6. The van der Waals surface area contributed by atoms with E-state index in [1.807, 2.05) is 36.4 Å². The van der Waals surface area contributed by atoms with E-state index >= 15 is 0 Å². The largest absolute Gasteiger partial charge is 0.460 e. The number of hydrogen-bond acceptors (Lipinski definition) is 6. The van der Waals surface area contributed by atoms with Crippen molar-refractivity contribution < 1.29 is 28.6 Å². The fraction of sp³-hybridized carbons (Fsp3) is 0.600. The van der Waals surface area contributed by atoms with Crippen LogP contribution < -0.4 is 11.9 Å². The van der Waals surface area contributed by atoms with Gasteiger partial charge in [-0.15, -0.1) is 0 Å². The Morgan fingerprint density at radius 1 is 0.407 bits per heavy atom. The van der Waals surface area contributed by atoms with Crippen molar-refractivity contribution in [3.05, 3.63) is 89.5 Å². The van der Waals surface area contributed by atoms with Gasteiger partial charge < -0.3 is 28.6 Å². The summed E-state index contributed by atoms with van der Waals surface area (Å²) in [6.45, 7) is 6.79. The summed E-state index contributed by atoms with van der Waals surface area (Å²) in [5, 5.41) is 0. The van der Waals surface area contributed by atoms with Crippen molar-refractivity contribution in [3.63, 3.8) is 0 Å². The molecule has 0 atom stereocenters. The van der Waals surface area contributed by atoms with Gasteiger partial charge in [0.05, 0.1) is 0 Å². The van der Waals surface area contributed by atoms with Crippen LogP contribution in [0.2, 0.25) is 0 Å². The van der Waals surface area contributed by atoms with E-state index < -0.39 is 17.2 Å². The molecule has 4 N–H and O–H groups in total. The SMILES string of the molecule is CCCCCCCCCc1cccc[c]1[Na].CCCCCCCCCc1ccccc1OP(O)Oc1ccccc1CCCCCCCCC.OP(O)O. The number of rotatable bonds is 28. The number of hydrogen-bond donors (Lipinski definition) is 4. The van der Waals surface area contributed by atoms with Crippen molar-refractivity contribution in [2.75, 3.05) is 0 Å². The van der Waals surface area contributed by atoms with Crippen LogP contribution in [0.5, 0.6) is 11.5 Å². The van der Waals surface area contributed by atoms with Crippen molar-refractivity contribution in [2.24, 2.45) is 0 Å². The molecule has 0 bridgehead atoms. The smallest absolute Gasteiger partial charge is 0.418 e. The Kier molecular flexibility index (Phi) is 34.3. The molecule has 0 fully saturated rings. The second kappa shape index (κ2) is 36.3. The van der Waals surface area contributed by atoms with Crippen molar-refractivity contribution in [1.29, 1.82) is 0 Å². The van der Waals surface area contributed by atoms with E-state index in [9.17, 15) is 4.89 Å². The minimum absolute atomic E-state index is 0.742. The summed E-state index contributed by atoms with van der Waals surface area (Å²) in [4.78, 5) is 32.3. The fourth-order valence-corrected chi connectivity index (χ4v) is 7.83. The molecular weight excluding hydrogens is 721 g/mol. The van der Waals surface area contributed by atoms with Crippen LogP contribution in [0.4, 0.5) is 0 Å². The van der Waals surface area contributed by atoms with Gasteiger partial charge in [-0.1, -0.05) is 127 Å². The van der Waals surface area contributed by atoms with E-state index in [1.54, 1.807) is 8.38 Å². The zero-order valence-electron chi connectivity index (χ0n) is 34.4. The monoisotopic (exact) mass is 794 g/mol. The standard InChI is InChI=1S/C30H47O3P.C15H23.Na.H3O3P/c1-3-5-7-9-11-13-15-21-27-23-17-19-25-29(27)32-34(31)33-30-26-20-18-24-28(30)22-16-14-12-10-8-6-4-2;1-2-3-4-5-6-7-9-12-15-13-10-8-11-14-15;;1-4(2)3/h17-20,23-26,31H,3-16,21-22H2,1-2H3;8,10-11,13H,2-7,9,12H2,1H3;;1-3H. The van der Waals surface area contributed by atoms with Gasteiger partial charge in [-0.05, 0) is 48.9 Å². The first kappa shape index (κ1) is 51.0. The third-order valence-corrected chi connectivity index (χ3v) is 11.4. The normalized spacial score (nSPS) is 10.9. The molecule has 0 saturated carbocycles. The Balaban J connectivity index is 0.000000602. The molecule has 54 heavy (non-hydrogen) atoms. The summed E-state index contributed by atoms with van der Waals surface area (Å²) < 4.78 is 13.4. The second-order valence-corrected chi connectivity index (χ2v) is 16.9. The number of benzene rings is 3. The topological polar surface area (TPSA) is 99.4 Å². The summed E-state index contributed by atoms with van der Waals surface area (Å²) in [5.41, 5.74) is 3.90. The summed E-state index contributed by atoms with van der Waals surface area (Å²) in [5.74, 6) is 1.48. The third kappa shape index (κ3) is 28.4. The minimum Gasteiger partial charge on any atom is -0.418 e. The average Bonchev–Trinajstić information content (AvgIpc) is 3.16. The van der Waals surface area contributed by atoms with E-state index in [-0.39, 0.29) is 0 Å². The number of unbranched alkanes of at least 4 members (excludes halogenated alkanes) is 18. The van der Waals surface area contributed by atoms with Crippen molar-refractivity contribution in [3.8, 4) is 11.5 Å². The van der Waals surface area contributed by atoms with Crippen LogP contribution in [0.1, 0.15) is 172 Å². The molecule has 0 saturated heterocycles. The maximum absolute atomic E-state index is 10.6. The van der Waals surface area contributed by atoms with Crippen LogP contribution in [0, 0.1) is 0 Å². The quantitative estimate of drug-likeness (QED) is 0.0332. The van der Waals surface area contributed by atoms with Crippen LogP contribution in [0.25, 0.3) is 0 Å². The maximum atomic E-state index is 10.6. The second-order valence-electron chi connectivity index (χ2n) is 14.4. The molecule has 0 aliphatic heterocycles. The van der Waals surface area contributed by atoms with Gasteiger partial charge in [0, 0.05) is 0 Å². The van der Waals surface area contributed by atoms with Gasteiger partial charge >= 0.3 is 136 Å². The van der Waals surface area contributed by atoms with Crippen molar-refractivity contribution in [2.45, 2.75) is 175 Å². The Bertz CT molecular complexity index is 1210. The molecule has 0 unspecified atom stereocenters. The van der Waals surface area contributed by atoms with Gasteiger partial charge in [0.15, 0.2) is 0 Å². The zero-order valence-corrected chi connectivity index (χ0v) is 38.2. The predicted octanol–water partition coefficient (Wildman–Crippen LogP) is 12.9. The Labute approximate surface area is 350 Å². The molecule has 0 heterocycles. The summed E-state index contributed by atoms with van der Waals surface area (Å²) in [6.07, 6.45) is 31.2. The summed E-state index contributed by atoms with van der Waals surface area (Å²) in [7, 11) is -4.64. The molecule has 9 heteroatoms. The number of aryl methyl sites for hydroxylation is 3. The molecule has 3 aromatic rings. The third-order valence-electron chi connectivity index (χ3n) is 9.71. The van der Waals surface area contributed by atoms with Crippen molar-refractivity contribution >= 4 is 47.9 Å². The maximum Gasteiger partial charge on any atom is 0.460 e. The fourth-order valence-electron chi connectivity index (χ4n) is 6.49. The summed E-state index contributed by atoms with van der Waals surface area (Å²) in [6, 6.07) is 25.0. The van der Waals surface area contributed by atoms with Gasteiger partial charge in [0.2, 0.25) is 0 Å². The molecule has 0 aromatic heterocycles. The van der Waals surface area contributed by atoms with Crippen LogP contribution in [0.15, 0.2) is 72.8 Å². The first-order valence-electron chi connectivity index (χ1n) is 21.2. The van der Waals surface area contributed by atoms with Crippen LogP contribution in [-0.4, -0.2) is 47.5 Å². The molecular formula is C45H73NaO6P2. The van der Waals surface area contributed by atoms with E-state index in [4.69, 9.17) is 23.7 Å². The van der Waals surface area contributed by atoms with Gasteiger partial charge in [0.25, 0.3) is 0 Å². The van der Waals surface area contributed by atoms with Gasteiger partial charge in [-0.25, -0.2) is 0 Å². The molecule has 0 amide bonds. The predicted molar refractivity (Wildman–Crippen MR) is 234 cm³/mol. The molecule has 0 spiro atoms. The van der Waals surface area contributed by atoms with Gasteiger partial charge in [0.1, 0.15) is 11.5 Å². The molecule has 3 aromatic carbocycles. The Hall–Kier alpha value is -1.04. The Morgan fingerprint density at radius 2 is 0.685 bits per heavy atom. The van der Waals surface area contributed by atoms with Crippen LogP contribution in [-0.2, 0) is 19.3 Å². The summed E-state index contributed by atoms with van der Waals surface area (Å²) >= 11 is 1.20. The van der Waals surface area contributed by atoms with Gasteiger partial charge in [-0.3, -0.25) is 0 Å². The Morgan fingerprint density at radius 3 is 1.04 bits per heavy atom. The van der Waals surface area contributed by atoms with E-state index in [0.717, 1.165) is 48.3 Å². The average molecular weight is 795 g/mol. The first-order chi connectivity index (χ1) is 26.3. The van der Waals surface area contributed by atoms with Crippen LogP contribution in [0.3, 0.4) is 0 Å². The zero-order chi connectivity index (χ0) is 39.5. The molecule has 300 valence electrons. The molecule has 0 radical (unpaired) electrons. The minimum atomic E-state index is -2.62.